The first kappa shape index (κ1) is 22.5. The molecular formula is C4H11N3P2S2. The third-order valence-electron chi connectivity index (χ3n) is 0.183. The van der Waals surface area contributed by atoms with Crippen molar-refractivity contribution in [2.45, 2.75) is 0 Å². The van der Waals surface area contributed by atoms with Gasteiger partial charge in [-0.3, -0.25) is 5.16 Å². The fourth-order valence-corrected chi connectivity index (χ4v) is 0. The average molecular weight is 227 g/mol. The van der Waals surface area contributed by atoms with Crippen LogP contribution in [0.1, 0.15) is 0 Å². The van der Waals surface area contributed by atoms with Crippen LogP contribution in [0, 0.1) is 5.16 Å². The summed E-state index contributed by atoms with van der Waals surface area (Å²) < 4.78 is 0. The van der Waals surface area contributed by atoms with E-state index in [1.165, 1.54) is 0 Å². The van der Waals surface area contributed by atoms with Crippen LogP contribution in [0.4, 0.5) is 0 Å². The van der Waals surface area contributed by atoms with E-state index in [-0.39, 0.29) is 9.90 Å². The summed E-state index contributed by atoms with van der Waals surface area (Å²) in [6.07, 6.45) is 0. The van der Waals surface area contributed by atoms with Gasteiger partial charge >= 0.3 is 0 Å². The van der Waals surface area contributed by atoms with Crippen LogP contribution in [0.25, 0.3) is 0 Å². The van der Waals surface area contributed by atoms with Crippen LogP contribution < -0.4 is 0 Å². The summed E-state index contributed by atoms with van der Waals surface area (Å²) in [4.78, 5) is 6.60. The average Bonchev–Trinajstić information content (AvgIpc) is 2.08. The molecule has 0 rings (SSSR count). The fraction of sp³-hybridized carbons (Fsp3) is 0.500. The van der Waals surface area contributed by atoms with Gasteiger partial charge in [0.25, 0.3) is 0 Å². The highest BCUT2D eigenvalue weighted by Crippen LogP contribution is 1.36. The second-order valence-corrected chi connectivity index (χ2v) is 0.995. The molecule has 0 bridgehead atoms. The molecule has 64 valence electrons. The predicted molar refractivity (Wildman–Crippen MR) is 64.0 cm³/mol. The van der Waals surface area contributed by atoms with E-state index in [1.807, 2.05) is 0 Å². The van der Waals surface area contributed by atoms with Crippen molar-refractivity contribution in [1.29, 1.82) is 5.16 Å². The van der Waals surface area contributed by atoms with Crippen LogP contribution in [0.15, 0.2) is 9.98 Å². The summed E-state index contributed by atoms with van der Waals surface area (Å²) in [6.45, 7) is 0. The van der Waals surface area contributed by atoms with Crippen molar-refractivity contribution in [1.82, 2.24) is 0 Å². The summed E-state index contributed by atoms with van der Waals surface area (Å²) in [7, 11) is 5.40. The maximum atomic E-state index is 5.56. The van der Waals surface area contributed by atoms with E-state index < -0.39 is 0 Å². The van der Waals surface area contributed by atoms with Gasteiger partial charge in [0.15, 0.2) is 0 Å². The number of rotatable bonds is 0. The number of nitrogens with one attached hydrogen (secondary N) is 1. The molecule has 0 amide bonds. The van der Waals surface area contributed by atoms with Gasteiger partial charge in [0, 0.05) is 14.1 Å². The maximum absolute atomic E-state index is 5.56. The van der Waals surface area contributed by atoms with Gasteiger partial charge in [-0.1, -0.05) is 0 Å². The van der Waals surface area contributed by atoms with Crippen molar-refractivity contribution >= 4 is 53.7 Å². The molecule has 7 heteroatoms. The van der Waals surface area contributed by atoms with E-state index in [0.717, 1.165) is 0 Å². The monoisotopic (exact) mass is 227 g/mol. The fourth-order valence-electron chi connectivity index (χ4n) is 0. The van der Waals surface area contributed by atoms with Crippen molar-refractivity contribution in [3.63, 3.8) is 0 Å². The van der Waals surface area contributed by atoms with Crippen molar-refractivity contribution in [3.05, 3.63) is 0 Å². The Morgan fingerprint density at radius 3 is 1.18 bits per heavy atom. The Balaban J connectivity index is -0.0000000339. The second kappa shape index (κ2) is 49.5. The third-order valence-corrected chi connectivity index (χ3v) is 0.548. The number of hydrogen-bond donors (Lipinski definition) is 1. The molecule has 0 radical (unpaired) electrons. The molecule has 0 fully saturated rings. The van der Waals surface area contributed by atoms with E-state index in [4.69, 9.17) is 5.16 Å². The highest BCUT2D eigenvalue weighted by atomic mass is 32.1. The minimum Gasteiger partial charge on any atom is -0.287 e. The van der Waals surface area contributed by atoms with Crippen molar-refractivity contribution in [3.8, 4) is 0 Å². The SMILES string of the molecule is CN=C=S.CN=C=S.N=P.P. The maximum Gasteiger partial charge on any atom is 0.0582 e. The Kier molecular flexibility index (Phi) is 101. The molecule has 1 N–H and O–H groups in total. The van der Waals surface area contributed by atoms with Crippen LogP contribution in [-0.4, -0.2) is 24.4 Å². The van der Waals surface area contributed by atoms with E-state index in [1.54, 1.807) is 14.1 Å². The molecule has 11 heavy (non-hydrogen) atoms. The molecule has 0 aliphatic carbocycles. The van der Waals surface area contributed by atoms with Gasteiger partial charge in [-0.2, -0.15) is 9.90 Å². The highest BCUT2D eigenvalue weighted by molar-refractivity contribution is 7.78. The summed E-state index contributed by atoms with van der Waals surface area (Å²) in [5, 5.41) is 9.83. The second-order valence-electron chi connectivity index (χ2n) is 0.630. The van der Waals surface area contributed by atoms with Crippen molar-refractivity contribution in [2.24, 2.45) is 9.98 Å². The Labute approximate surface area is 83.1 Å². The molecule has 0 saturated carbocycles. The minimum atomic E-state index is 0. The Morgan fingerprint density at radius 2 is 1.18 bits per heavy atom. The quantitative estimate of drug-likeness (QED) is 0.392. The number of thiocarbonyl (C=S) groups is 2. The number of isothiocyanates is 2. The molecule has 0 aromatic heterocycles. The minimum absolute atomic E-state index is 0. The number of aliphatic imine (C=N–C) groups is 2. The van der Waals surface area contributed by atoms with Crippen LogP contribution in [0.5, 0.6) is 0 Å². The van der Waals surface area contributed by atoms with E-state index >= 15 is 0 Å². The first-order valence-electron chi connectivity index (χ1n) is 2.00. The van der Waals surface area contributed by atoms with Crippen LogP contribution >= 0.6 is 43.4 Å². The summed E-state index contributed by atoms with van der Waals surface area (Å²) in [6, 6.07) is 0. The van der Waals surface area contributed by atoms with Gasteiger partial charge < -0.3 is 0 Å². The van der Waals surface area contributed by atoms with Crippen LogP contribution in [-0.2, 0) is 0 Å². The molecule has 0 heterocycles. The van der Waals surface area contributed by atoms with Crippen molar-refractivity contribution < 1.29 is 0 Å². The van der Waals surface area contributed by atoms with E-state index in [2.05, 4.69) is 53.8 Å². The van der Waals surface area contributed by atoms with E-state index in [0.29, 0.717) is 0 Å². The Hall–Kier alpha value is 0.130. The third kappa shape index (κ3) is 148. The van der Waals surface area contributed by atoms with Gasteiger partial charge in [0.2, 0.25) is 0 Å². The normalized spacial score (nSPS) is 3.45. The van der Waals surface area contributed by atoms with Crippen LogP contribution in [0.3, 0.4) is 0 Å². The molecular weight excluding hydrogens is 216 g/mol. The molecule has 0 aliphatic heterocycles. The van der Waals surface area contributed by atoms with Gasteiger partial charge in [0.05, 0.1) is 10.3 Å². The standard InChI is InChI=1S/2C2H3NS.H2NP.H3P/c2*1-3-2-4;1-2;/h2*1H3;1-2H;1H3. The topological polar surface area (TPSA) is 48.6 Å². The lowest BCUT2D eigenvalue weighted by Gasteiger charge is -1.39. The molecule has 1 atom stereocenters. The molecule has 1 unspecified atom stereocenters. The van der Waals surface area contributed by atoms with Gasteiger partial charge in [-0.05, 0) is 33.5 Å². The molecule has 3 nitrogen and oxygen atoms in total. The van der Waals surface area contributed by atoms with Gasteiger partial charge in [0.1, 0.15) is 0 Å². The Morgan fingerprint density at radius 1 is 1.09 bits per heavy atom. The number of nitrogens with zero attached hydrogens (tertiary/aromatic N) is 2. The van der Waals surface area contributed by atoms with Gasteiger partial charge in [-0.25, -0.2) is 9.98 Å². The molecule has 0 aliphatic rings. The summed E-state index contributed by atoms with van der Waals surface area (Å²) in [5.74, 6) is 0. The lowest BCUT2D eigenvalue weighted by Crippen LogP contribution is -1.33. The zero-order valence-electron chi connectivity index (χ0n) is 6.42. The molecule has 0 spiro atoms. The highest BCUT2D eigenvalue weighted by Gasteiger charge is 1.24. The summed E-state index contributed by atoms with van der Waals surface area (Å²) >= 11 is 8.27. The van der Waals surface area contributed by atoms with Gasteiger partial charge in [-0.15, -0.1) is 0 Å². The largest absolute Gasteiger partial charge is 0.287 e. The smallest absolute Gasteiger partial charge is 0.0582 e. The molecule has 0 saturated heterocycles. The zero-order valence-corrected chi connectivity index (χ0v) is 10.5. The first-order valence-corrected chi connectivity index (χ1v) is 3.32. The first-order chi connectivity index (χ1) is 4.83. The van der Waals surface area contributed by atoms with Crippen molar-refractivity contribution in [2.75, 3.05) is 14.1 Å². The molecule has 0 aromatic rings. The number of hydrogen-bond acceptors (Lipinski definition) is 5. The molecule has 0 aromatic carbocycles. The van der Waals surface area contributed by atoms with Crippen LogP contribution in [0.2, 0.25) is 0 Å². The Bertz CT molecular complexity index is 124. The van der Waals surface area contributed by atoms with E-state index in [9.17, 15) is 0 Å². The zero-order chi connectivity index (χ0) is 8.83. The lowest BCUT2D eigenvalue weighted by atomic mass is 11.4. The predicted octanol–water partition coefficient (Wildman–Crippen LogP) is 2.39. The summed E-state index contributed by atoms with van der Waals surface area (Å²) in [5.41, 5.74) is 0. The lowest BCUT2D eigenvalue weighted by molar-refractivity contribution is 1.49.